The minimum Gasteiger partial charge on any atom is -0.361 e. The molecule has 154 valence electrons. The molecule has 1 aliphatic rings. The van der Waals surface area contributed by atoms with E-state index in [1.807, 2.05) is 27.0 Å². The van der Waals surface area contributed by atoms with E-state index in [1.165, 1.54) is 12.8 Å². The van der Waals surface area contributed by atoms with Gasteiger partial charge in [-0.05, 0) is 60.1 Å². The molecule has 1 atom stereocenters. The van der Waals surface area contributed by atoms with Gasteiger partial charge in [-0.1, -0.05) is 11.6 Å². The molecule has 0 radical (unpaired) electrons. The summed E-state index contributed by atoms with van der Waals surface area (Å²) in [5.74, 6) is 2.59. The van der Waals surface area contributed by atoms with E-state index in [2.05, 4.69) is 50.7 Å². The average Bonchev–Trinajstić information content (AvgIpc) is 3.28. The van der Waals surface area contributed by atoms with Gasteiger partial charge in [-0.3, -0.25) is 4.90 Å². The number of hydrogen-bond donors (Lipinski definition) is 0. The zero-order chi connectivity index (χ0) is 20.5. The van der Waals surface area contributed by atoms with E-state index in [-0.39, 0.29) is 6.04 Å². The van der Waals surface area contributed by atoms with Gasteiger partial charge in [0.2, 0.25) is 0 Å². The summed E-state index contributed by atoms with van der Waals surface area (Å²) in [6, 6.07) is 2.80. The highest BCUT2D eigenvalue weighted by atomic mass is 16.5. The molecule has 0 unspecified atom stereocenters. The zero-order valence-corrected chi connectivity index (χ0v) is 18.0. The van der Waals surface area contributed by atoms with Gasteiger partial charge in [-0.15, -0.1) is 0 Å². The molecule has 1 fully saturated rings. The van der Waals surface area contributed by atoms with Crippen molar-refractivity contribution in [2.75, 3.05) is 6.54 Å². The van der Waals surface area contributed by atoms with Crippen molar-refractivity contribution in [2.45, 2.75) is 72.5 Å². The van der Waals surface area contributed by atoms with Crippen molar-refractivity contribution in [3.8, 4) is 11.4 Å². The summed E-state index contributed by atoms with van der Waals surface area (Å²) >= 11 is 0. The SMILES string of the molecule is Cc1cc([C@@H]2CCCCN2Cc2nccn2C(C)C)nc(-c2c(C)noc2C)n1. The Morgan fingerprint density at radius 1 is 1.17 bits per heavy atom. The number of aromatic nitrogens is 5. The highest BCUT2D eigenvalue weighted by Crippen LogP contribution is 2.33. The van der Waals surface area contributed by atoms with E-state index in [4.69, 9.17) is 9.51 Å². The normalized spacial score (nSPS) is 17.9. The second-order valence-electron chi connectivity index (χ2n) is 8.28. The lowest BCUT2D eigenvalue weighted by Crippen LogP contribution is -2.34. The van der Waals surface area contributed by atoms with Crippen LogP contribution >= 0.6 is 0 Å². The predicted molar refractivity (Wildman–Crippen MR) is 111 cm³/mol. The van der Waals surface area contributed by atoms with Crippen LogP contribution in [0.25, 0.3) is 11.4 Å². The van der Waals surface area contributed by atoms with E-state index >= 15 is 0 Å². The quantitative estimate of drug-likeness (QED) is 0.631. The number of piperidine rings is 1. The van der Waals surface area contributed by atoms with Gasteiger partial charge >= 0.3 is 0 Å². The number of aryl methyl sites for hydroxylation is 3. The van der Waals surface area contributed by atoms with Crippen LogP contribution in [0.5, 0.6) is 0 Å². The molecule has 4 rings (SSSR count). The molecule has 0 saturated carbocycles. The van der Waals surface area contributed by atoms with Crippen molar-refractivity contribution in [3.63, 3.8) is 0 Å². The molecular weight excluding hydrogens is 364 g/mol. The van der Waals surface area contributed by atoms with Crippen LogP contribution in [0, 0.1) is 20.8 Å². The highest BCUT2D eigenvalue weighted by molar-refractivity contribution is 5.60. The Morgan fingerprint density at radius 2 is 2.00 bits per heavy atom. The number of likely N-dealkylation sites (tertiary alicyclic amines) is 1. The predicted octanol–water partition coefficient (Wildman–Crippen LogP) is 4.56. The van der Waals surface area contributed by atoms with Gasteiger partial charge in [0.1, 0.15) is 11.6 Å². The van der Waals surface area contributed by atoms with Crippen LogP contribution in [0.1, 0.15) is 73.9 Å². The van der Waals surface area contributed by atoms with Crippen LogP contribution in [0.2, 0.25) is 0 Å². The van der Waals surface area contributed by atoms with E-state index in [9.17, 15) is 0 Å². The topological polar surface area (TPSA) is 72.9 Å². The van der Waals surface area contributed by atoms with Crippen LogP contribution in [-0.2, 0) is 6.54 Å². The molecule has 0 aliphatic carbocycles. The third-order valence-electron chi connectivity index (χ3n) is 5.74. The number of nitrogens with zero attached hydrogens (tertiary/aromatic N) is 6. The lowest BCUT2D eigenvalue weighted by Gasteiger charge is -2.35. The summed E-state index contributed by atoms with van der Waals surface area (Å²) in [7, 11) is 0. The maximum Gasteiger partial charge on any atom is 0.165 e. The van der Waals surface area contributed by atoms with Gasteiger partial charge in [0.05, 0.1) is 29.5 Å². The summed E-state index contributed by atoms with van der Waals surface area (Å²) in [6.45, 7) is 12.2. The van der Waals surface area contributed by atoms with Gasteiger partial charge in [0, 0.05) is 24.1 Å². The maximum atomic E-state index is 5.35. The molecule has 4 heterocycles. The fourth-order valence-corrected chi connectivity index (χ4v) is 4.31. The van der Waals surface area contributed by atoms with Gasteiger partial charge < -0.3 is 9.09 Å². The standard InChI is InChI=1S/C22H30N6O/c1-14(2)28-11-9-23-20(28)13-27-10-7-6-8-19(27)18-12-15(3)24-22(25-18)21-16(4)26-29-17(21)5/h9,11-12,14,19H,6-8,10,13H2,1-5H3/t19-/m0/s1. The van der Waals surface area contributed by atoms with E-state index in [0.717, 1.165) is 53.7 Å². The van der Waals surface area contributed by atoms with Crippen molar-refractivity contribution in [1.29, 1.82) is 0 Å². The lowest BCUT2D eigenvalue weighted by molar-refractivity contribution is 0.131. The first-order valence-corrected chi connectivity index (χ1v) is 10.5. The van der Waals surface area contributed by atoms with E-state index in [0.29, 0.717) is 11.9 Å². The van der Waals surface area contributed by atoms with Crippen molar-refractivity contribution in [2.24, 2.45) is 0 Å². The third kappa shape index (κ3) is 3.96. The molecule has 3 aromatic rings. The molecule has 0 bridgehead atoms. The molecule has 0 amide bonds. The Morgan fingerprint density at radius 3 is 2.72 bits per heavy atom. The fraction of sp³-hybridized carbons (Fsp3) is 0.545. The molecule has 1 aliphatic heterocycles. The van der Waals surface area contributed by atoms with Crippen LogP contribution in [0.4, 0.5) is 0 Å². The third-order valence-corrected chi connectivity index (χ3v) is 5.74. The van der Waals surface area contributed by atoms with Crippen molar-refractivity contribution in [3.05, 3.63) is 47.1 Å². The number of hydrogen-bond acceptors (Lipinski definition) is 6. The van der Waals surface area contributed by atoms with Crippen LogP contribution < -0.4 is 0 Å². The Bertz CT molecular complexity index is 970. The smallest absolute Gasteiger partial charge is 0.165 e. The van der Waals surface area contributed by atoms with Crippen LogP contribution in [-0.4, -0.2) is 36.1 Å². The van der Waals surface area contributed by atoms with Gasteiger partial charge in [-0.25, -0.2) is 15.0 Å². The Balaban J connectivity index is 1.67. The van der Waals surface area contributed by atoms with Crippen LogP contribution in [0.15, 0.2) is 23.0 Å². The highest BCUT2D eigenvalue weighted by Gasteiger charge is 2.28. The minimum absolute atomic E-state index is 0.266. The van der Waals surface area contributed by atoms with Crippen molar-refractivity contribution < 1.29 is 4.52 Å². The molecule has 7 heteroatoms. The average molecular weight is 395 g/mol. The summed E-state index contributed by atoms with van der Waals surface area (Å²) < 4.78 is 7.61. The van der Waals surface area contributed by atoms with Gasteiger partial charge in [0.15, 0.2) is 5.82 Å². The molecule has 29 heavy (non-hydrogen) atoms. The first kappa shape index (κ1) is 19.8. The molecule has 7 nitrogen and oxygen atoms in total. The molecule has 3 aromatic heterocycles. The second kappa shape index (κ2) is 8.06. The number of rotatable bonds is 5. The lowest BCUT2D eigenvalue weighted by atomic mass is 9.98. The van der Waals surface area contributed by atoms with Gasteiger partial charge in [-0.2, -0.15) is 0 Å². The van der Waals surface area contributed by atoms with Crippen molar-refractivity contribution >= 4 is 0 Å². The number of imidazole rings is 1. The zero-order valence-electron chi connectivity index (χ0n) is 18.0. The molecule has 0 N–H and O–H groups in total. The molecule has 0 spiro atoms. The fourth-order valence-electron chi connectivity index (χ4n) is 4.31. The minimum atomic E-state index is 0.266. The Kier molecular flexibility index (Phi) is 5.50. The first-order valence-electron chi connectivity index (χ1n) is 10.5. The monoisotopic (exact) mass is 394 g/mol. The Labute approximate surface area is 172 Å². The summed E-state index contributed by atoms with van der Waals surface area (Å²) in [5, 5.41) is 4.08. The molecule has 0 aromatic carbocycles. The summed E-state index contributed by atoms with van der Waals surface area (Å²) in [6.07, 6.45) is 7.49. The summed E-state index contributed by atoms with van der Waals surface area (Å²) in [5.41, 5.74) is 3.79. The van der Waals surface area contributed by atoms with E-state index in [1.54, 1.807) is 0 Å². The molecule has 1 saturated heterocycles. The second-order valence-corrected chi connectivity index (χ2v) is 8.28. The molecular formula is C22H30N6O. The first-order chi connectivity index (χ1) is 13.9. The summed E-state index contributed by atoms with van der Waals surface area (Å²) in [4.78, 5) is 16.8. The van der Waals surface area contributed by atoms with E-state index < -0.39 is 0 Å². The van der Waals surface area contributed by atoms with Gasteiger partial charge in [0.25, 0.3) is 0 Å². The largest absolute Gasteiger partial charge is 0.361 e. The van der Waals surface area contributed by atoms with Crippen molar-refractivity contribution in [1.82, 2.24) is 29.6 Å². The van der Waals surface area contributed by atoms with Crippen LogP contribution in [0.3, 0.4) is 0 Å². The maximum absolute atomic E-state index is 5.35. The Hall–Kier alpha value is -2.54.